The van der Waals surface area contributed by atoms with Gasteiger partial charge in [0.2, 0.25) is 6.79 Å². The highest BCUT2D eigenvalue weighted by Crippen LogP contribution is 2.34. The van der Waals surface area contributed by atoms with Crippen molar-refractivity contribution in [3.8, 4) is 11.5 Å². The molecule has 0 unspecified atom stereocenters. The number of aliphatic hydroxyl groups is 1. The summed E-state index contributed by atoms with van der Waals surface area (Å²) in [4.78, 5) is 0. The molecule has 86 valence electrons. The smallest absolute Gasteiger partial charge is 0.231 e. The van der Waals surface area contributed by atoms with Crippen molar-refractivity contribution >= 4 is 23.0 Å². The van der Waals surface area contributed by atoms with Gasteiger partial charge in [0.25, 0.3) is 0 Å². The molecule has 1 aliphatic rings. The zero-order valence-corrected chi connectivity index (χ0v) is 9.34. The Labute approximate surface area is 98.4 Å². The fourth-order valence-electron chi connectivity index (χ4n) is 1.32. The van der Waals surface area contributed by atoms with Crippen LogP contribution in [0.15, 0.2) is 18.2 Å². The van der Waals surface area contributed by atoms with Gasteiger partial charge in [0.15, 0.2) is 16.6 Å². The average molecular weight is 240 g/mol. The zero-order valence-electron chi connectivity index (χ0n) is 8.53. The van der Waals surface area contributed by atoms with Crippen LogP contribution < -0.4 is 20.1 Å². The van der Waals surface area contributed by atoms with Crippen molar-refractivity contribution in [1.29, 1.82) is 0 Å². The maximum atomic E-state index is 8.62. The molecule has 0 saturated heterocycles. The van der Waals surface area contributed by atoms with Gasteiger partial charge in [-0.3, -0.25) is 0 Å². The van der Waals surface area contributed by atoms with Crippen LogP contribution in [0, 0.1) is 0 Å². The molecule has 3 N–H and O–H groups in total. The third kappa shape index (κ3) is 2.53. The standard InChI is InChI=1S/C10H12N2O3S/c13-4-3-11-10(16)12-7-1-2-8-9(5-7)15-6-14-8/h1-2,5,13H,3-4,6H2,(H2,11,12,16). The molecule has 0 bridgehead atoms. The topological polar surface area (TPSA) is 62.8 Å². The summed E-state index contributed by atoms with van der Waals surface area (Å²) in [7, 11) is 0. The van der Waals surface area contributed by atoms with Crippen LogP contribution in [-0.4, -0.2) is 30.2 Å². The van der Waals surface area contributed by atoms with Crippen LogP contribution >= 0.6 is 12.2 Å². The molecule has 1 aromatic carbocycles. The van der Waals surface area contributed by atoms with E-state index in [2.05, 4.69) is 10.6 Å². The van der Waals surface area contributed by atoms with Crippen molar-refractivity contribution in [1.82, 2.24) is 5.32 Å². The fourth-order valence-corrected chi connectivity index (χ4v) is 1.54. The SMILES string of the molecule is OCCNC(=S)Nc1ccc2c(c1)OCO2. The average Bonchev–Trinajstić information content (AvgIpc) is 2.73. The van der Waals surface area contributed by atoms with E-state index in [4.69, 9.17) is 26.8 Å². The van der Waals surface area contributed by atoms with Crippen LogP contribution in [0.2, 0.25) is 0 Å². The van der Waals surface area contributed by atoms with Gasteiger partial charge in [-0.1, -0.05) is 0 Å². The lowest BCUT2D eigenvalue weighted by atomic mass is 10.3. The molecule has 0 atom stereocenters. The number of benzene rings is 1. The summed E-state index contributed by atoms with van der Waals surface area (Å²) in [5.74, 6) is 1.44. The Morgan fingerprint density at radius 3 is 3.00 bits per heavy atom. The lowest BCUT2D eigenvalue weighted by Gasteiger charge is -2.09. The quantitative estimate of drug-likeness (QED) is 0.676. The second-order valence-electron chi connectivity index (χ2n) is 3.17. The summed E-state index contributed by atoms with van der Waals surface area (Å²) in [6, 6.07) is 5.48. The molecule has 6 heteroatoms. The first kappa shape index (κ1) is 11.0. The second kappa shape index (κ2) is 5.00. The zero-order chi connectivity index (χ0) is 11.4. The molecular weight excluding hydrogens is 228 g/mol. The Kier molecular flexibility index (Phi) is 3.43. The van der Waals surface area contributed by atoms with Crippen LogP contribution in [0.4, 0.5) is 5.69 Å². The monoisotopic (exact) mass is 240 g/mol. The minimum absolute atomic E-state index is 0.0446. The van der Waals surface area contributed by atoms with Gasteiger partial charge >= 0.3 is 0 Å². The van der Waals surface area contributed by atoms with E-state index < -0.39 is 0 Å². The van der Waals surface area contributed by atoms with E-state index >= 15 is 0 Å². The normalized spacial score (nSPS) is 12.3. The third-order valence-corrected chi connectivity index (χ3v) is 2.27. The number of thiocarbonyl (C=S) groups is 1. The molecule has 2 rings (SSSR count). The highest BCUT2D eigenvalue weighted by atomic mass is 32.1. The Balaban J connectivity index is 1.97. The molecule has 0 radical (unpaired) electrons. The molecule has 0 fully saturated rings. The van der Waals surface area contributed by atoms with Gasteiger partial charge in [0, 0.05) is 18.3 Å². The van der Waals surface area contributed by atoms with Crippen LogP contribution in [0.5, 0.6) is 11.5 Å². The molecule has 5 nitrogen and oxygen atoms in total. The van der Waals surface area contributed by atoms with Gasteiger partial charge in [-0.2, -0.15) is 0 Å². The van der Waals surface area contributed by atoms with Gasteiger partial charge in [-0.05, 0) is 24.4 Å². The molecule has 1 aromatic rings. The summed E-state index contributed by atoms with van der Waals surface area (Å²) >= 11 is 5.02. The van der Waals surface area contributed by atoms with Gasteiger partial charge in [-0.15, -0.1) is 0 Å². The first-order valence-electron chi connectivity index (χ1n) is 4.85. The minimum atomic E-state index is 0.0446. The van der Waals surface area contributed by atoms with Crippen LogP contribution in [0.3, 0.4) is 0 Å². The van der Waals surface area contributed by atoms with Crippen LogP contribution in [-0.2, 0) is 0 Å². The molecule has 0 aliphatic carbocycles. The van der Waals surface area contributed by atoms with Crippen molar-refractivity contribution in [2.24, 2.45) is 0 Å². The largest absolute Gasteiger partial charge is 0.454 e. The summed E-state index contributed by atoms with van der Waals surface area (Å²) in [6.45, 7) is 0.728. The molecule has 0 amide bonds. The minimum Gasteiger partial charge on any atom is -0.454 e. The summed E-state index contributed by atoms with van der Waals surface area (Å²) in [6.07, 6.45) is 0. The highest BCUT2D eigenvalue weighted by Gasteiger charge is 2.13. The van der Waals surface area contributed by atoms with Gasteiger partial charge < -0.3 is 25.2 Å². The molecule has 1 heterocycles. The predicted molar refractivity (Wildman–Crippen MR) is 63.9 cm³/mol. The molecule has 16 heavy (non-hydrogen) atoms. The number of hydrogen-bond acceptors (Lipinski definition) is 4. The van der Waals surface area contributed by atoms with E-state index in [9.17, 15) is 0 Å². The highest BCUT2D eigenvalue weighted by molar-refractivity contribution is 7.80. The van der Waals surface area contributed by atoms with Gasteiger partial charge in [0.1, 0.15) is 0 Å². The van der Waals surface area contributed by atoms with Crippen LogP contribution in [0.25, 0.3) is 0 Å². The Morgan fingerprint density at radius 2 is 2.19 bits per heavy atom. The fraction of sp³-hybridized carbons (Fsp3) is 0.300. The number of anilines is 1. The number of fused-ring (bicyclic) bond motifs is 1. The number of hydrogen-bond donors (Lipinski definition) is 3. The Bertz CT molecular complexity index is 398. The molecule has 1 aliphatic heterocycles. The van der Waals surface area contributed by atoms with Crippen molar-refractivity contribution in [3.05, 3.63) is 18.2 Å². The van der Waals surface area contributed by atoms with Gasteiger partial charge in [-0.25, -0.2) is 0 Å². The van der Waals surface area contributed by atoms with Crippen molar-refractivity contribution in [3.63, 3.8) is 0 Å². The van der Waals surface area contributed by atoms with Crippen LogP contribution in [0.1, 0.15) is 0 Å². The van der Waals surface area contributed by atoms with Crippen molar-refractivity contribution < 1.29 is 14.6 Å². The van der Waals surface area contributed by atoms with Crippen molar-refractivity contribution in [2.45, 2.75) is 0 Å². The lowest BCUT2D eigenvalue weighted by molar-refractivity contribution is 0.174. The molecular formula is C10H12N2O3S. The number of nitrogens with one attached hydrogen (secondary N) is 2. The first-order valence-corrected chi connectivity index (χ1v) is 5.26. The lowest BCUT2D eigenvalue weighted by Crippen LogP contribution is -2.30. The van der Waals surface area contributed by atoms with E-state index in [1.807, 2.05) is 18.2 Å². The van der Waals surface area contributed by atoms with E-state index in [-0.39, 0.29) is 13.4 Å². The second-order valence-corrected chi connectivity index (χ2v) is 3.58. The van der Waals surface area contributed by atoms with Crippen molar-refractivity contribution in [2.75, 3.05) is 25.3 Å². The third-order valence-electron chi connectivity index (χ3n) is 2.03. The molecule has 0 spiro atoms. The van der Waals surface area contributed by atoms with E-state index in [0.717, 1.165) is 11.4 Å². The summed E-state index contributed by atoms with van der Waals surface area (Å²) in [5, 5.41) is 14.9. The van der Waals surface area contributed by atoms with Gasteiger partial charge in [0.05, 0.1) is 6.61 Å². The maximum absolute atomic E-state index is 8.62. The molecule has 0 saturated carbocycles. The van der Waals surface area contributed by atoms with E-state index in [0.29, 0.717) is 17.4 Å². The maximum Gasteiger partial charge on any atom is 0.231 e. The Morgan fingerprint density at radius 1 is 1.38 bits per heavy atom. The van der Waals surface area contributed by atoms with E-state index in [1.54, 1.807) is 0 Å². The summed E-state index contributed by atoms with van der Waals surface area (Å²) < 4.78 is 10.4. The predicted octanol–water partition coefficient (Wildman–Crippen LogP) is 0.694. The molecule has 0 aromatic heterocycles. The first-order chi connectivity index (χ1) is 7.79. The Hall–Kier alpha value is -1.53. The summed E-state index contributed by atoms with van der Waals surface area (Å²) in [5.41, 5.74) is 0.819. The van der Waals surface area contributed by atoms with E-state index in [1.165, 1.54) is 0 Å². The number of rotatable bonds is 3. The number of ether oxygens (including phenoxy) is 2. The number of aliphatic hydroxyl groups excluding tert-OH is 1.